The summed E-state index contributed by atoms with van der Waals surface area (Å²) >= 11 is 1.46. The van der Waals surface area contributed by atoms with E-state index in [2.05, 4.69) is 26.3 Å². The topological polar surface area (TPSA) is 153 Å². The third-order valence-corrected chi connectivity index (χ3v) is 7.22. The highest BCUT2D eigenvalue weighted by molar-refractivity contribution is 7.97. The Kier molecular flexibility index (Phi) is 10.1. The van der Waals surface area contributed by atoms with Gasteiger partial charge in [-0.15, -0.1) is 0 Å². The van der Waals surface area contributed by atoms with Crippen molar-refractivity contribution < 1.29 is 24.3 Å². The Balaban J connectivity index is 1.24. The molecule has 1 fully saturated rings. The molecular weight excluding hydrogens is 532 g/mol. The van der Waals surface area contributed by atoms with Gasteiger partial charge in [0.1, 0.15) is 11.9 Å². The number of amides is 3. The Labute approximate surface area is 235 Å². The van der Waals surface area contributed by atoms with Crippen LogP contribution in [-0.4, -0.2) is 69.8 Å². The molecule has 1 aromatic heterocycles. The SMILES string of the molecule is O=C(CNC(=O)c1cccc(Nc2ccccn2)c1)NCC(NC(=O)C1CCCN1Sc1ccccc1)C(=O)O. The van der Waals surface area contributed by atoms with Crippen LogP contribution in [0, 0.1) is 0 Å². The van der Waals surface area contributed by atoms with Crippen molar-refractivity contribution in [2.45, 2.75) is 29.8 Å². The van der Waals surface area contributed by atoms with E-state index in [0.29, 0.717) is 30.0 Å². The van der Waals surface area contributed by atoms with E-state index >= 15 is 0 Å². The zero-order valence-electron chi connectivity index (χ0n) is 21.6. The lowest BCUT2D eigenvalue weighted by molar-refractivity contribution is -0.142. The fraction of sp³-hybridized carbons (Fsp3) is 0.250. The zero-order valence-corrected chi connectivity index (χ0v) is 22.4. The lowest BCUT2D eigenvalue weighted by Crippen LogP contribution is -2.53. The predicted molar refractivity (Wildman–Crippen MR) is 151 cm³/mol. The largest absolute Gasteiger partial charge is 0.480 e. The van der Waals surface area contributed by atoms with Crippen molar-refractivity contribution in [3.05, 3.63) is 84.6 Å². The second kappa shape index (κ2) is 14.1. The summed E-state index contributed by atoms with van der Waals surface area (Å²) in [6.07, 6.45) is 3.06. The number of nitrogens with one attached hydrogen (secondary N) is 4. The van der Waals surface area contributed by atoms with Gasteiger partial charge < -0.3 is 26.4 Å². The van der Waals surface area contributed by atoms with Crippen molar-refractivity contribution in [2.75, 3.05) is 25.0 Å². The lowest BCUT2D eigenvalue weighted by Gasteiger charge is -2.24. The van der Waals surface area contributed by atoms with Crippen LogP contribution in [0.1, 0.15) is 23.2 Å². The molecule has 40 heavy (non-hydrogen) atoms. The second-order valence-electron chi connectivity index (χ2n) is 9.01. The summed E-state index contributed by atoms with van der Waals surface area (Å²) in [6, 6.07) is 20.0. The van der Waals surface area contributed by atoms with Crippen molar-refractivity contribution in [3.8, 4) is 0 Å². The Bertz CT molecular complexity index is 1330. The minimum Gasteiger partial charge on any atom is -0.480 e. The van der Waals surface area contributed by atoms with Gasteiger partial charge in [0, 0.05) is 35.4 Å². The molecule has 2 atom stereocenters. The number of rotatable bonds is 12. The number of carboxylic acid groups (broad SMARTS) is 1. The number of aliphatic carboxylic acids is 1. The molecule has 0 radical (unpaired) electrons. The molecule has 2 aromatic carbocycles. The highest BCUT2D eigenvalue weighted by Gasteiger charge is 2.34. The second-order valence-corrected chi connectivity index (χ2v) is 10.1. The van der Waals surface area contributed by atoms with E-state index in [0.717, 1.165) is 11.3 Å². The van der Waals surface area contributed by atoms with E-state index in [1.165, 1.54) is 11.9 Å². The van der Waals surface area contributed by atoms with E-state index < -0.39 is 35.8 Å². The number of pyridine rings is 1. The molecule has 12 heteroatoms. The van der Waals surface area contributed by atoms with E-state index in [9.17, 15) is 24.3 Å². The summed E-state index contributed by atoms with van der Waals surface area (Å²) in [6.45, 7) is 0.0207. The minimum absolute atomic E-state index is 0.322. The van der Waals surface area contributed by atoms with Crippen LogP contribution in [0.5, 0.6) is 0 Å². The molecule has 3 aromatic rings. The number of carboxylic acids is 1. The minimum atomic E-state index is -1.31. The van der Waals surface area contributed by atoms with E-state index in [-0.39, 0.29) is 13.1 Å². The zero-order chi connectivity index (χ0) is 28.3. The van der Waals surface area contributed by atoms with Crippen LogP contribution in [0.4, 0.5) is 11.5 Å². The summed E-state index contributed by atoms with van der Waals surface area (Å²) in [5.74, 6) is -2.11. The average molecular weight is 563 g/mol. The molecule has 4 rings (SSSR count). The molecule has 11 nitrogen and oxygen atoms in total. The lowest BCUT2D eigenvalue weighted by atomic mass is 10.2. The fourth-order valence-corrected chi connectivity index (χ4v) is 5.16. The molecule has 0 bridgehead atoms. The van der Waals surface area contributed by atoms with Gasteiger partial charge in [0.2, 0.25) is 11.8 Å². The van der Waals surface area contributed by atoms with Crippen LogP contribution in [0.2, 0.25) is 0 Å². The van der Waals surface area contributed by atoms with E-state index in [4.69, 9.17) is 0 Å². The molecule has 0 spiro atoms. The average Bonchev–Trinajstić information content (AvgIpc) is 3.43. The van der Waals surface area contributed by atoms with Crippen LogP contribution < -0.4 is 21.3 Å². The van der Waals surface area contributed by atoms with E-state index in [1.54, 1.807) is 42.6 Å². The van der Waals surface area contributed by atoms with Crippen molar-refractivity contribution in [1.82, 2.24) is 25.2 Å². The molecule has 3 amide bonds. The van der Waals surface area contributed by atoms with E-state index in [1.807, 2.05) is 40.7 Å². The summed E-state index contributed by atoms with van der Waals surface area (Å²) in [7, 11) is 0. The molecule has 2 unspecified atom stereocenters. The Morgan fingerprint density at radius 3 is 2.55 bits per heavy atom. The predicted octanol–water partition coefficient (Wildman–Crippen LogP) is 2.41. The van der Waals surface area contributed by atoms with Crippen LogP contribution in [0.15, 0.2) is 83.9 Å². The van der Waals surface area contributed by atoms with Crippen LogP contribution >= 0.6 is 11.9 Å². The van der Waals surface area contributed by atoms with Gasteiger partial charge in [-0.2, -0.15) is 0 Å². The van der Waals surface area contributed by atoms with Gasteiger partial charge in [-0.05, 0) is 67.3 Å². The quantitative estimate of drug-likeness (QED) is 0.210. The molecule has 1 aliphatic heterocycles. The molecule has 208 valence electrons. The number of anilines is 2. The van der Waals surface area contributed by atoms with Crippen LogP contribution in [0.3, 0.4) is 0 Å². The monoisotopic (exact) mass is 562 g/mol. The van der Waals surface area contributed by atoms with Gasteiger partial charge in [-0.1, -0.05) is 30.3 Å². The third-order valence-electron chi connectivity index (χ3n) is 6.06. The summed E-state index contributed by atoms with van der Waals surface area (Å²) in [5.41, 5.74) is 0.984. The van der Waals surface area contributed by atoms with Gasteiger partial charge >= 0.3 is 5.97 Å². The number of nitrogens with zero attached hydrogens (tertiary/aromatic N) is 2. The highest BCUT2D eigenvalue weighted by Crippen LogP contribution is 2.31. The number of hydrogen-bond donors (Lipinski definition) is 5. The number of carbonyl (C=O) groups is 4. The fourth-order valence-electron chi connectivity index (χ4n) is 4.06. The third kappa shape index (κ3) is 8.29. The molecular formula is C28H30N6O5S. The number of aromatic nitrogens is 1. The number of hydrogen-bond acceptors (Lipinski definition) is 8. The number of benzene rings is 2. The van der Waals surface area contributed by atoms with Gasteiger partial charge in [-0.3, -0.25) is 14.4 Å². The van der Waals surface area contributed by atoms with Crippen molar-refractivity contribution >= 4 is 47.1 Å². The molecule has 1 saturated heterocycles. The first-order valence-electron chi connectivity index (χ1n) is 12.7. The summed E-state index contributed by atoms with van der Waals surface area (Å²) in [5, 5.41) is 20.2. The maximum Gasteiger partial charge on any atom is 0.328 e. The summed E-state index contributed by atoms with van der Waals surface area (Å²) < 4.78 is 1.94. The maximum absolute atomic E-state index is 12.9. The smallest absolute Gasteiger partial charge is 0.328 e. The van der Waals surface area contributed by atoms with Crippen molar-refractivity contribution in [3.63, 3.8) is 0 Å². The van der Waals surface area contributed by atoms with Crippen LogP contribution in [-0.2, 0) is 14.4 Å². The first kappa shape index (κ1) is 28.6. The normalized spacial score (nSPS) is 15.6. The van der Waals surface area contributed by atoms with Crippen LogP contribution in [0.25, 0.3) is 0 Å². The molecule has 2 heterocycles. The Morgan fingerprint density at radius 1 is 1.00 bits per heavy atom. The molecule has 0 saturated carbocycles. The first-order valence-corrected chi connectivity index (χ1v) is 13.5. The first-order chi connectivity index (χ1) is 19.4. The standard InChI is InChI=1S/C28H30N6O5S/c35-25(18-31-26(36)19-8-6-9-20(16-19)32-24-13-4-5-14-29-24)30-17-22(28(38)39)33-27(37)23-12-7-15-34(23)40-21-10-2-1-3-11-21/h1-6,8-11,13-14,16,22-23H,7,12,15,17-18H2,(H,29,32)(H,30,35)(H,31,36)(H,33,37)(H,38,39). The van der Waals surface area contributed by atoms with Crippen molar-refractivity contribution in [2.24, 2.45) is 0 Å². The Morgan fingerprint density at radius 2 is 1.80 bits per heavy atom. The molecule has 1 aliphatic rings. The maximum atomic E-state index is 12.9. The van der Waals surface area contributed by atoms with Crippen molar-refractivity contribution in [1.29, 1.82) is 0 Å². The molecule has 0 aliphatic carbocycles. The van der Waals surface area contributed by atoms with Gasteiger partial charge in [-0.25, -0.2) is 14.1 Å². The van der Waals surface area contributed by atoms with Gasteiger partial charge in [0.15, 0.2) is 0 Å². The van der Waals surface area contributed by atoms with Gasteiger partial charge in [0.05, 0.1) is 12.6 Å². The highest BCUT2D eigenvalue weighted by atomic mass is 32.2. The molecule has 5 N–H and O–H groups in total. The Hall–Kier alpha value is -4.42. The van der Waals surface area contributed by atoms with Gasteiger partial charge in [0.25, 0.3) is 5.91 Å². The summed E-state index contributed by atoms with van der Waals surface area (Å²) in [4.78, 5) is 54.8. The number of carbonyl (C=O) groups excluding carboxylic acids is 3.